The molecule has 0 spiro atoms. The molecule has 0 bridgehead atoms. The van der Waals surface area contributed by atoms with Crippen molar-refractivity contribution in [3.8, 4) is 0 Å². The van der Waals surface area contributed by atoms with Gasteiger partial charge in [0.05, 0.1) is 24.8 Å². The van der Waals surface area contributed by atoms with Crippen LogP contribution in [0.15, 0.2) is 18.2 Å². The van der Waals surface area contributed by atoms with Gasteiger partial charge in [0.15, 0.2) is 0 Å². The van der Waals surface area contributed by atoms with E-state index >= 15 is 0 Å². The zero-order valence-electron chi connectivity index (χ0n) is 14.3. The third-order valence-corrected chi connectivity index (χ3v) is 4.27. The van der Waals surface area contributed by atoms with E-state index in [4.69, 9.17) is 4.74 Å². The molecule has 3 unspecified atom stereocenters. The Kier molecular flexibility index (Phi) is 5.59. The van der Waals surface area contributed by atoms with Gasteiger partial charge in [-0.05, 0) is 51.3 Å². The standard InChI is InChI=1S/C18H28N2O2/c1-12-6-7-17(8-13(12)2)16(5)19-18(21)11-20-9-14(3)22-15(4)10-20/h6-8,14-16H,9-11H2,1-5H3,(H,19,21). The number of hydrogen-bond acceptors (Lipinski definition) is 3. The summed E-state index contributed by atoms with van der Waals surface area (Å²) < 4.78 is 5.70. The number of ether oxygens (including phenoxy) is 1. The van der Waals surface area contributed by atoms with Gasteiger partial charge in [0.1, 0.15) is 0 Å². The molecule has 22 heavy (non-hydrogen) atoms. The minimum absolute atomic E-state index is 0.0303. The lowest BCUT2D eigenvalue weighted by atomic mass is 10.0. The summed E-state index contributed by atoms with van der Waals surface area (Å²) in [5.41, 5.74) is 3.69. The quantitative estimate of drug-likeness (QED) is 0.929. The Balaban J connectivity index is 1.89. The molecule has 3 atom stereocenters. The van der Waals surface area contributed by atoms with Crippen molar-refractivity contribution in [2.24, 2.45) is 0 Å². The molecule has 0 radical (unpaired) electrons. The minimum atomic E-state index is 0.0303. The second-order valence-electron chi connectivity index (χ2n) is 6.58. The molecule has 1 saturated heterocycles. The number of hydrogen-bond donors (Lipinski definition) is 1. The number of carbonyl (C=O) groups excluding carboxylic acids is 1. The molecule has 1 aromatic rings. The summed E-state index contributed by atoms with van der Waals surface area (Å²) in [7, 11) is 0. The number of carbonyl (C=O) groups is 1. The fourth-order valence-corrected chi connectivity index (χ4v) is 3.02. The Bertz CT molecular complexity index is 520. The van der Waals surface area contributed by atoms with Crippen LogP contribution in [0.25, 0.3) is 0 Å². The monoisotopic (exact) mass is 304 g/mol. The minimum Gasteiger partial charge on any atom is -0.373 e. The van der Waals surface area contributed by atoms with Gasteiger partial charge in [-0.25, -0.2) is 0 Å². The van der Waals surface area contributed by atoms with E-state index in [1.807, 2.05) is 6.92 Å². The molecule has 4 heteroatoms. The smallest absolute Gasteiger partial charge is 0.234 e. The van der Waals surface area contributed by atoms with E-state index in [1.54, 1.807) is 0 Å². The summed E-state index contributed by atoms with van der Waals surface area (Å²) in [5, 5.41) is 3.10. The molecule has 1 fully saturated rings. The zero-order valence-corrected chi connectivity index (χ0v) is 14.3. The zero-order chi connectivity index (χ0) is 16.3. The summed E-state index contributed by atoms with van der Waals surface area (Å²) >= 11 is 0. The van der Waals surface area contributed by atoms with E-state index in [1.165, 1.54) is 11.1 Å². The largest absolute Gasteiger partial charge is 0.373 e. The van der Waals surface area contributed by atoms with Crippen molar-refractivity contribution in [2.75, 3.05) is 19.6 Å². The molecule has 1 heterocycles. The van der Waals surface area contributed by atoms with Crippen LogP contribution in [0, 0.1) is 13.8 Å². The van der Waals surface area contributed by atoms with Gasteiger partial charge < -0.3 is 10.1 Å². The number of nitrogens with zero attached hydrogens (tertiary/aromatic N) is 1. The van der Waals surface area contributed by atoms with Crippen molar-refractivity contribution in [2.45, 2.75) is 52.9 Å². The van der Waals surface area contributed by atoms with Gasteiger partial charge in [-0.2, -0.15) is 0 Å². The third-order valence-electron chi connectivity index (χ3n) is 4.27. The highest BCUT2D eigenvalue weighted by atomic mass is 16.5. The fourth-order valence-electron chi connectivity index (χ4n) is 3.02. The van der Waals surface area contributed by atoms with Crippen molar-refractivity contribution in [1.29, 1.82) is 0 Å². The van der Waals surface area contributed by atoms with Crippen LogP contribution in [0.4, 0.5) is 0 Å². The lowest BCUT2D eigenvalue weighted by molar-refractivity contribution is -0.126. The van der Waals surface area contributed by atoms with Crippen molar-refractivity contribution >= 4 is 5.91 Å². The summed E-state index contributed by atoms with van der Waals surface area (Å²) in [6, 6.07) is 6.38. The Hall–Kier alpha value is -1.39. The van der Waals surface area contributed by atoms with E-state index < -0.39 is 0 Å². The number of aryl methyl sites for hydroxylation is 2. The van der Waals surface area contributed by atoms with Crippen LogP contribution in [-0.4, -0.2) is 42.6 Å². The molecule has 1 aliphatic rings. The van der Waals surface area contributed by atoms with Crippen LogP contribution < -0.4 is 5.32 Å². The Labute approximate surface area is 133 Å². The predicted octanol–water partition coefficient (Wildman–Crippen LogP) is 2.59. The Morgan fingerprint density at radius 1 is 1.27 bits per heavy atom. The number of amides is 1. The van der Waals surface area contributed by atoms with Crippen molar-refractivity contribution in [3.05, 3.63) is 34.9 Å². The van der Waals surface area contributed by atoms with E-state index in [2.05, 4.69) is 56.1 Å². The first-order chi connectivity index (χ1) is 10.3. The molecule has 1 aromatic carbocycles. The summed E-state index contributed by atoms with van der Waals surface area (Å²) in [6.07, 6.45) is 0.377. The van der Waals surface area contributed by atoms with Crippen LogP contribution in [0.3, 0.4) is 0 Å². The molecule has 1 aliphatic heterocycles. The summed E-state index contributed by atoms with van der Waals surface area (Å²) in [5.74, 6) is 0.0760. The van der Waals surface area contributed by atoms with E-state index in [9.17, 15) is 4.79 Å². The molecular formula is C18H28N2O2. The summed E-state index contributed by atoms with van der Waals surface area (Å²) in [4.78, 5) is 14.4. The molecule has 1 amide bonds. The number of benzene rings is 1. The maximum absolute atomic E-state index is 12.3. The number of rotatable bonds is 4. The SMILES string of the molecule is Cc1ccc(C(C)NC(=O)CN2CC(C)OC(C)C2)cc1C. The molecule has 0 aromatic heterocycles. The second kappa shape index (κ2) is 7.25. The molecule has 1 N–H and O–H groups in total. The van der Waals surface area contributed by atoms with Crippen LogP contribution in [0.1, 0.15) is 43.5 Å². The Morgan fingerprint density at radius 3 is 2.50 bits per heavy atom. The average Bonchev–Trinajstić information content (AvgIpc) is 2.40. The van der Waals surface area contributed by atoms with Gasteiger partial charge >= 0.3 is 0 Å². The normalized spacial score (nSPS) is 24.0. The average molecular weight is 304 g/mol. The highest BCUT2D eigenvalue weighted by Gasteiger charge is 2.24. The summed E-state index contributed by atoms with van der Waals surface area (Å²) in [6.45, 7) is 12.4. The lowest BCUT2D eigenvalue weighted by Crippen LogP contribution is -2.49. The fraction of sp³-hybridized carbons (Fsp3) is 0.611. The highest BCUT2D eigenvalue weighted by Crippen LogP contribution is 2.17. The van der Waals surface area contributed by atoms with Crippen molar-refractivity contribution < 1.29 is 9.53 Å². The first-order valence-corrected chi connectivity index (χ1v) is 8.09. The van der Waals surface area contributed by atoms with Gasteiger partial charge in [-0.1, -0.05) is 18.2 Å². The highest BCUT2D eigenvalue weighted by molar-refractivity contribution is 5.78. The lowest BCUT2D eigenvalue weighted by Gasteiger charge is -2.35. The van der Waals surface area contributed by atoms with Crippen LogP contribution in [0.5, 0.6) is 0 Å². The van der Waals surface area contributed by atoms with Gasteiger partial charge in [0.2, 0.25) is 5.91 Å². The van der Waals surface area contributed by atoms with Crippen LogP contribution >= 0.6 is 0 Å². The van der Waals surface area contributed by atoms with E-state index in [-0.39, 0.29) is 24.2 Å². The first-order valence-electron chi connectivity index (χ1n) is 8.09. The number of morpholine rings is 1. The molecular weight excluding hydrogens is 276 g/mol. The number of nitrogens with one attached hydrogen (secondary N) is 1. The van der Waals surface area contributed by atoms with E-state index in [0.717, 1.165) is 18.7 Å². The molecule has 2 rings (SSSR count). The topological polar surface area (TPSA) is 41.6 Å². The third kappa shape index (κ3) is 4.55. The maximum Gasteiger partial charge on any atom is 0.234 e. The van der Waals surface area contributed by atoms with Crippen LogP contribution in [-0.2, 0) is 9.53 Å². The van der Waals surface area contributed by atoms with Gasteiger partial charge in [-0.15, -0.1) is 0 Å². The molecule has 0 saturated carbocycles. The van der Waals surface area contributed by atoms with Gasteiger partial charge in [-0.3, -0.25) is 9.69 Å². The predicted molar refractivity (Wildman–Crippen MR) is 88.9 cm³/mol. The maximum atomic E-state index is 12.3. The first kappa shape index (κ1) is 17.0. The van der Waals surface area contributed by atoms with Gasteiger partial charge in [0.25, 0.3) is 0 Å². The van der Waals surface area contributed by atoms with Crippen molar-refractivity contribution in [1.82, 2.24) is 10.2 Å². The second-order valence-corrected chi connectivity index (χ2v) is 6.58. The molecule has 0 aliphatic carbocycles. The molecule has 122 valence electrons. The van der Waals surface area contributed by atoms with Crippen LogP contribution in [0.2, 0.25) is 0 Å². The van der Waals surface area contributed by atoms with Gasteiger partial charge in [0, 0.05) is 13.1 Å². The van der Waals surface area contributed by atoms with Crippen molar-refractivity contribution in [3.63, 3.8) is 0 Å². The van der Waals surface area contributed by atoms with E-state index in [0.29, 0.717) is 6.54 Å². The Morgan fingerprint density at radius 2 is 1.91 bits per heavy atom. The molecule has 4 nitrogen and oxygen atoms in total.